The average molecular weight is 658 g/mol. The van der Waals surface area contributed by atoms with Gasteiger partial charge in [-0.3, -0.25) is 0 Å². The van der Waals surface area contributed by atoms with Gasteiger partial charge in [0.25, 0.3) is 0 Å². The summed E-state index contributed by atoms with van der Waals surface area (Å²) in [5.41, 5.74) is 7.90. The molecule has 7 aromatic carbocycles. The molecule has 4 heteroatoms. The number of allylic oxidation sites excluding steroid dienone is 2. The first-order valence-electron chi connectivity index (χ1n) is 17.1. The van der Waals surface area contributed by atoms with E-state index in [9.17, 15) is 0 Å². The van der Waals surface area contributed by atoms with Gasteiger partial charge in [-0.2, -0.15) is 0 Å². The SMILES string of the molecule is C/C=C\C.c1ccc(-c2nc(-c3ccc4c(c3)sc3cc5c(ccc6c5c5cccc7c8ccccc8n6c75)cc34)nc3ccccc23)cc1. The van der Waals surface area contributed by atoms with Gasteiger partial charge in [-0.25, -0.2) is 9.97 Å². The molecule has 4 heterocycles. The summed E-state index contributed by atoms with van der Waals surface area (Å²) in [6.45, 7) is 4.00. The quantitative estimate of drug-likeness (QED) is 0.173. The standard InChI is InChI=1S/C42H23N3S.C4H8/c1-2-9-24(10-3-1)40-30-12-4-6-15-34(30)43-42(44-40)26-17-19-28-33-21-25-18-20-36-39(32(25)23-38(33)46-37(28)22-26)31-14-8-13-29-27-11-5-7-16-35(27)45(36)41(29)31;1-3-4-2/h1-23H;3-4H,1-2H3/b;4-3-. The molecule has 3 nitrogen and oxygen atoms in total. The fraction of sp³-hybridized carbons (Fsp3) is 0.0435. The molecule has 0 spiro atoms. The van der Waals surface area contributed by atoms with Crippen LogP contribution < -0.4 is 0 Å². The Labute approximate surface area is 292 Å². The van der Waals surface area contributed by atoms with Gasteiger partial charge in [0.15, 0.2) is 5.82 Å². The second kappa shape index (κ2) is 11.2. The van der Waals surface area contributed by atoms with E-state index in [4.69, 9.17) is 9.97 Å². The van der Waals surface area contributed by atoms with Crippen LogP contribution in [0.15, 0.2) is 152 Å². The number of hydrogen-bond donors (Lipinski definition) is 0. The van der Waals surface area contributed by atoms with Crippen molar-refractivity contribution in [2.24, 2.45) is 0 Å². The van der Waals surface area contributed by atoms with Crippen LogP contribution in [0.25, 0.3) is 103 Å². The predicted octanol–water partition coefficient (Wildman–Crippen LogP) is 13.2. The van der Waals surface area contributed by atoms with E-state index in [0.717, 1.165) is 33.5 Å². The summed E-state index contributed by atoms with van der Waals surface area (Å²) < 4.78 is 5.01. The highest BCUT2D eigenvalue weighted by atomic mass is 32.1. The predicted molar refractivity (Wildman–Crippen MR) is 216 cm³/mol. The average Bonchev–Trinajstić information content (AvgIpc) is 3.83. The molecule has 11 rings (SSSR count). The zero-order valence-electron chi connectivity index (χ0n) is 27.7. The van der Waals surface area contributed by atoms with Crippen molar-refractivity contribution in [2.45, 2.75) is 13.8 Å². The molecule has 0 unspecified atom stereocenters. The second-order valence-corrected chi connectivity index (χ2v) is 13.9. The van der Waals surface area contributed by atoms with Gasteiger partial charge < -0.3 is 4.40 Å². The lowest BCUT2D eigenvalue weighted by Crippen LogP contribution is -1.94. The molecular weight excluding hydrogens is 627 g/mol. The molecule has 11 aromatic rings. The topological polar surface area (TPSA) is 30.2 Å². The van der Waals surface area contributed by atoms with Gasteiger partial charge in [-0.05, 0) is 61.0 Å². The normalized spacial score (nSPS) is 12.1. The third-order valence-electron chi connectivity index (χ3n) is 10.0. The van der Waals surface area contributed by atoms with E-state index in [1.165, 1.54) is 69.0 Å². The monoisotopic (exact) mass is 657 g/mol. The van der Waals surface area contributed by atoms with Crippen molar-refractivity contribution in [1.29, 1.82) is 0 Å². The van der Waals surface area contributed by atoms with Crippen molar-refractivity contribution in [1.82, 2.24) is 14.4 Å². The second-order valence-electron chi connectivity index (χ2n) is 12.8. The Morgan fingerprint density at radius 1 is 0.500 bits per heavy atom. The fourth-order valence-electron chi connectivity index (χ4n) is 7.68. The Balaban J connectivity index is 0.000000754. The molecule has 0 aliphatic carbocycles. The van der Waals surface area contributed by atoms with E-state index >= 15 is 0 Å². The molecule has 4 aromatic heterocycles. The minimum Gasteiger partial charge on any atom is -0.308 e. The molecule has 0 amide bonds. The van der Waals surface area contributed by atoms with Gasteiger partial charge in [0.05, 0.1) is 27.8 Å². The van der Waals surface area contributed by atoms with E-state index in [0.29, 0.717) is 0 Å². The molecule has 50 heavy (non-hydrogen) atoms. The van der Waals surface area contributed by atoms with Crippen LogP contribution in [0.5, 0.6) is 0 Å². The highest BCUT2D eigenvalue weighted by molar-refractivity contribution is 7.26. The number of benzene rings is 7. The summed E-state index contributed by atoms with van der Waals surface area (Å²) in [5, 5.41) is 11.5. The highest BCUT2D eigenvalue weighted by Crippen LogP contribution is 2.44. The number of thiophene rings is 1. The van der Waals surface area contributed by atoms with Crippen LogP contribution in [-0.4, -0.2) is 14.4 Å². The zero-order chi connectivity index (χ0) is 33.3. The number of fused-ring (bicyclic) bond motifs is 12. The summed E-state index contributed by atoms with van der Waals surface area (Å²) >= 11 is 1.85. The molecule has 0 radical (unpaired) electrons. The van der Waals surface area contributed by atoms with Crippen LogP contribution >= 0.6 is 11.3 Å². The summed E-state index contributed by atoms with van der Waals surface area (Å²) in [6.07, 6.45) is 4.00. The van der Waals surface area contributed by atoms with Crippen molar-refractivity contribution in [3.8, 4) is 22.6 Å². The first-order chi connectivity index (χ1) is 24.7. The number of para-hydroxylation sites is 3. The Morgan fingerprint density at radius 3 is 2.10 bits per heavy atom. The van der Waals surface area contributed by atoms with Gasteiger partial charge in [0.2, 0.25) is 0 Å². The van der Waals surface area contributed by atoms with Crippen LogP contribution in [0.1, 0.15) is 13.8 Å². The highest BCUT2D eigenvalue weighted by Gasteiger charge is 2.19. The fourth-order valence-corrected chi connectivity index (χ4v) is 8.85. The molecule has 0 N–H and O–H groups in total. The Hall–Kier alpha value is -6.10. The van der Waals surface area contributed by atoms with Crippen LogP contribution in [0, 0.1) is 0 Å². The Morgan fingerprint density at radius 2 is 1.24 bits per heavy atom. The number of nitrogens with zero attached hydrogens (tertiary/aromatic N) is 3. The van der Waals surface area contributed by atoms with Crippen molar-refractivity contribution in [2.75, 3.05) is 0 Å². The Bertz CT molecular complexity index is 3110. The third kappa shape index (κ3) is 4.22. The smallest absolute Gasteiger partial charge is 0.160 e. The largest absolute Gasteiger partial charge is 0.308 e. The molecule has 0 saturated carbocycles. The Kier molecular flexibility index (Phi) is 6.48. The van der Waals surface area contributed by atoms with Crippen LogP contribution in [0.4, 0.5) is 0 Å². The van der Waals surface area contributed by atoms with E-state index in [1.54, 1.807) is 0 Å². The maximum absolute atomic E-state index is 5.13. The van der Waals surface area contributed by atoms with Gasteiger partial charge >= 0.3 is 0 Å². The molecule has 236 valence electrons. The summed E-state index contributed by atoms with van der Waals surface area (Å²) in [6, 6.07) is 50.3. The van der Waals surface area contributed by atoms with Crippen molar-refractivity contribution in [3.63, 3.8) is 0 Å². The van der Waals surface area contributed by atoms with Crippen LogP contribution in [0.3, 0.4) is 0 Å². The molecular formula is C46H31N3S. The van der Waals surface area contributed by atoms with Gasteiger partial charge in [-0.15, -0.1) is 11.3 Å². The lowest BCUT2D eigenvalue weighted by molar-refractivity contribution is 1.23. The van der Waals surface area contributed by atoms with E-state index in [-0.39, 0.29) is 0 Å². The van der Waals surface area contributed by atoms with E-state index in [1.807, 2.05) is 49.5 Å². The lowest BCUT2D eigenvalue weighted by Gasteiger charge is -2.09. The minimum atomic E-state index is 0.752. The summed E-state index contributed by atoms with van der Waals surface area (Å²) in [7, 11) is 0. The number of rotatable bonds is 2. The molecule has 0 fully saturated rings. The van der Waals surface area contributed by atoms with E-state index in [2.05, 4.69) is 132 Å². The molecule has 0 aliphatic heterocycles. The molecule has 0 aliphatic rings. The van der Waals surface area contributed by atoms with Crippen molar-refractivity contribution >= 4 is 91.3 Å². The van der Waals surface area contributed by atoms with Crippen LogP contribution in [0.2, 0.25) is 0 Å². The first kappa shape index (κ1) is 28.9. The first-order valence-corrected chi connectivity index (χ1v) is 17.9. The van der Waals surface area contributed by atoms with Crippen molar-refractivity contribution in [3.05, 3.63) is 152 Å². The molecule has 0 saturated heterocycles. The number of aromatic nitrogens is 3. The minimum absolute atomic E-state index is 0.752. The third-order valence-corrected chi connectivity index (χ3v) is 11.2. The summed E-state index contributed by atoms with van der Waals surface area (Å²) in [4.78, 5) is 10.2. The maximum atomic E-state index is 5.13. The summed E-state index contributed by atoms with van der Waals surface area (Å²) in [5.74, 6) is 0.752. The molecule has 0 bridgehead atoms. The number of hydrogen-bond acceptors (Lipinski definition) is 3. The van der Waals surface area contributed by atoms with Gasteiger partial charge in [0.1, 0.15) is 0 Å². The van der Waals surface area contributed by atoms with Crippen molar-refractivity contribution < 1.29 is 0 Å². The lowest BCUT2D eigenvalue weighted by atomic mass is 10.00. The zero-order valence-corrected chi connectivity index (χ0v) is 28.5. The van der Waals surface area contributed by atoms with Gasteiger partial charge in [0, 0.05) is 58.2 Å². The maximum Gasteiger partial charge on any atom is 0.160 e. The van der Waals surface area contributed by atoms with E-state index < -0.39 is 0 Å². The molecule has 0 atom stereocenters. The van der Waals surface area contributed by atoms with Crippen LogP contribution in [-0.2, 0) is 0 Å². The van der Waals surface area contributed by atoms with Gasteiger partial charge in [-0.1, -0.05) is 115 Å².